The van der Waals surface area contributed by atoms with Crippen molar-refractivity contribution in [2.45, 2.75) is 25.7 Å². The van der Waals surface area contributed by atoms with Crippen LogP contribution in [0.15, 0.2) is 37.3 Å². The van der Waals surface area contributed by atoms with Crippen molar-refractivity contribution in [3.05, 3.63) is 42.9 Å². The maximum absolute atomic E-state index is 4.16. The molecule has 0 amide bonds. The van der Waals surface area contributed by atoms with Crippen molar-refractivity contribution in [3.8, 4) is 11.3 Å². The molecule has 0 bridgehead atoms. The quantitative estimate of drug-likeness (QED) is 0.875. The van der Waals surface area contributed by atoms with Gasteiger partial charge in [-0.05, 0) is 30.9 Å². The molecule has 2 N–H and O–H groups in total. The Morgan fingerprint density at radius 1 is 1.30 bits per heavy atom. The summed E-state index contributed by atoms with van der Waals surface area (Å²) in [6.07, 6.45) is 10.8. The van der Waals surface area contributed by atoms with Crippen molar-refractivity contribution in [3.63, 3.8) is 0 Å². The molecule has 4 heteroatoms. The van der Waals surface area contributed by atoms with Gasteiger partial charge < -0.3 is 5.32 Å². The molecule has 1 saturated carbocycles. The van der Waals surface area contributed by atoms with Gasteiger partial charge >= 0.3 is 0 Å². The van der Waals surface area contributed by atoms with Gasteiger partial charge in [-0.1, -0.05) is 19.4 Å². The molecule has 4 nitrogen and oxygen atoms in total. The van der Waals surface area contributed by atoms with E-state index in [1.54, 1.807) is 12.4 Å². The van der Waals surface area contributed by atoms with Gasteiger partial charge in [-0.25, -0.2) is 0 Å². The predicted molar refractivity (Wildman–Crippen MR) is 80.8 cm³/mol. The monoisotopic (exact) mass is 268 g/mol. The average molecular weight is 268 g/mol. The summed E-state index contributed by atoms with van der Waals surface area (Å²) in [5.74, 6) is 0.794. The molecule has 0 spiro atoms. The van der Waals surface area contributed by atoms with E-state index in [4.69, 9.17) is 0 Å². The number of H-pyrrole nitrogens is 1. The van der Waals surface area contributed by atoms with Gasteiger partial charge in [-0.2, -0.15) is 5.10 Å². The molecular weight excluding hydrogens is 248 g/mol. The molecule has 0 atom stereocenters. The van der Waals surface area contributed by atoms with Crippen LogP contribution in [0.2, 0.25) is 0 Å². The molecule has 20 heavy (non-hydrogen) atoms. The number of nitrogens with zero attached hydrogens (tertiary/aromatic N) is 2. The van der Waals surface area contributed by atoms with Gasteiger partial charge in [0, 0.05) is 35.8 Å². The van der Waals surface area contributed by atoms with Crippen LogP contribution < -0.4 is 5.32 Å². The smallest absolute Gasteiger partial charge is 0.0744 e. The maximum atomic E-state index is 4.16. The lowest BCUT2D eigenvalue weighted by molar-refractivity contribution is 0.532. The fourth-order valence-corrected chi connectivity index (χ4v) is 2.83. The Bertz CT molecular complexity index is 567. The first-order valence-corrected chi connectivity index (χ1v) is 7.21. The lowest BCUT2D eigenvalue weighted by Crippen LogP contribution is -2.19. The topological polar surface area (TPSA) is 53.6 Å². The van der Waals surface area contributed by atoms with E-state index < -0.39 is 0 Å². The highest BCUT2D eigenvalue weighted by Gasteiger charge is 2.16. The largest absolute Gasteiger partial charge is 0.385 e. The molecule has 0 radical (unpaired) electrons. The zero-order valence-corrected chi connectivity index (χ0v) is 11.6. The Kier molecular flexibility index (Phi) is 3.81. The Hall–Kier alpha value is -2.10. The fraction of sp³-hybridized carbons (Fsp3) is 0.375. The van der Waals surface area contributed by atoms with Gasteiger partial charge in [0.1, 0.15) is 0 Å². The molecule has 0 saturated heterocycles. The van der Waals surface area contributed by atoms with Gasteiger partial charge in [0.15, 0.2) is 0 Å². The molecule has 3 rings (SSSR count). The summed E-state index contributed by atoms with van der Waals surface area (Å²) in [5, 5.41) is 10.7. The molecule has 2 aromatic rings. The van der Waals surface area contributed by atoms with E-state index in [0.29, 0.717) is 0 Å². The molecular formula is C16H20N4. The predicted octanol–water partition coefficient (Wildman–Crippen LogP) is 3.22. The normalized spacial score (nSPS) is 15.4. The van der Waals surface area contributed by atoms with E-state index in [1.165, 1.54) is 25.7 Å². The third-order valence-corrected chi connectivity index (χ3v) is 4.01. The van der Waals surface area contributed by atoms with Crippen LogP contribution in [0.5, 0.6) is 0 Å². The van der Waals surface area contributed by atoms with Crippen molar-refractivity contribution < 1.29 is 0 Å². The lowest BCUT2D eigenvalue weighted by atomic mass is 10.1. The van der Waals surface area contributed by atoms with Crippen LogP contribution in [0.25, 0.3) is 17.0 Å². The van der Waals surface area contributed by atoms with Crippen LogP contribution in [-0.4, -0.2) is 21.7 Å². The molecule has 2 aromatic heterocycles. The first-order chi connectivity index (χ1) is 9.84. The maximum Gasteiger partial charge on any atom is 0.0744 e. The number of aromatic nitrogens is 3. The first-order valence-electron chi connectivity index (χ1n) is 7.21. The third kappa shape index (κ3) is 2.74. The summed E-state index contributed by atoms with van der Waals surface area (Å²) in [4.78, 5) is 4.05. The van der Waals surface area contributed by atoms with Gasteiger partial charge in [-0.3, -0.25) is 10.1 Å². The number of nitrogens with one attached hydrogen (secondary N) is 2. The number of pyridine rings is 1. The summed E-state index contributed by atoms with van der Waals surface area (Å²) in [6, 6.07) is 3.95. The second kappa shape index (κ2) is 5.90. The summed E-state index contributed by atoms with van der Waals surface area (Å²) >= 11 is 0. The minimum absolute atomic E-state index is 0.794. The lowest BCUT2D eigenvalue weighted by Gasteiger charge is -2.14. The van der Waals surface area contributed by atoms with Crippen LogP contribution >= 0.6 is 0 Å². The van der Waals surface area contributed by atoms with Crippen LogP contribution in [0.1, 0.15) is 31.2 Å². The molecule has 1 aliphatic rings. The Balaban J connectivity index is 1.70. The second-order valence-corrected chi connectivity index (χ2v) is 5.40. The molecule has 1 aliphatic carbocycles. The zero-order chi connectivity index (χ0) is 13.8. The Labute approximate surface area is 119 Å². The van der Waals surface area contributed by atoms with Crippen LogP contribution in [-0.2, 0) is 0 Å². The second-order valence-electron chi connectivity index (χ2n) is 5.40. The van der Waals surface area contributed by atoms with E-state index in [0.717, 1.165) is 35.0 Å². The van der Waals surface area contributed by atoms with Crippen LogP contribution in [0.3, 0.4) is 0 Å². The molecule has 2 heterocycles. The van der Waals surface area contributed by atoms with E-state index in [-0.39, 0.29) is 0 Å². The van der Waals surface area contributed by atoms with E-state index >= 15 is 0 Å². The van der Waals surface area contributed by atoms with Crippen molar-refractivity contribution in [2.75, 3.05) is 6.54 Å². The molecule has 1 fully saturated rings. The van der Waals surface area contributed by atoms with Gasteiger partial charge in [0.05, 0.1) is 11.9 Å². The molecule has 0 aliphatic heterocycles. The Morgan fingerprint density at radius 2 is 2.05 bits per heavy atom. The number of hydrogen-bond donors (Lipinski definition) is 2. The Morgan fingerprint density at radius 3 is 2.80 bits per heavy atom. The zero-order valence-electron chi connectivity index (χ0n) is 11.6. The first kappa shape index (κ1) is 12.9. The van der Waals surface area contributed by atoms with E-state index in [9.17, 15) is 0 Å². The van der Waals surface area contributed by atoms with Crippen LogP contribution in [0.4, 0.5) is 0 Å². The fourth-order valence-electron chi connectivity index (χ4n) is 2.83. The molecule has 0 unspecified atom stereocenters. The third-order valence-electron chi connectivity index (χ3n) is 4.01. The highest BCUT2D eigenvalue weighted by atomic mass is 15.1. The van der Waals surface area contributed by atoms with Crippen molar-refractivity contribution in [1.82, 2.24) is 20.5 Å². The minimum Gasteiger partial charge on any atom is -0.385 e. The standard InChI is InChI=1S/C16H20N4/c1-12(18-10-13-4-2-3-5-13)15-11-19-20-16(15)14-6-8-17-9-7-14/h6-9,11,13,18H,1-5,10H2,(H,19,20). The van der Waals surface area contributed by atoms with Crippen molar-refractivity contribution in [2.24, 2.45) is 5.92 Å². The summed E-state index contributed by atoms with van der Waals surface area (Å²) in [7, 11) is 0. The van der Waals surface area contributed by atoms with Gasteiger partial charge in [0.25, 0.3) is 0 Å². The summed E-state index contributed by atoms with van der Waals surface area (Å²) in [6.45, 7) is 5.17. The molecule has 104 valence electrons. The summed E-state index contributed by atoms with van der Waals surface area (Å²) in [5.41, 5.74) is 4.05. The highest BCUT2D eigenvalue weighted by molar-refractivity contribution is 5.76. The molecule has 0 aromatic carbocycles. The van der Waals surface area contributed by atoms with E-state index in [2.05, 4.69) is 27.1 Å². The number of aromatic amines is 1. The highest BCUT2D eigenvalue weighted by Crippen LogP contribution is 2.26. The van der Waals surface area contributed by atoms with Crippen LogP contribution in [0, 0.1) is 5.92 Å². The van der Waals surface area contributed by atoms with E-state index in [1.807, 2.05) is 18.3 Å². The average Bonchev–Trinajstić information content (AvgIpc) is 3.17. The SMILES string of the molecule is C=C(NCC1CCCC1)c1cn[nH]c1-c1ccncc1. The van der Waals surface area contributed by atoms with Crippen molar-refractivity contribution >= 4 is 5.70 Å². The minimum atomic E-state index is 0.794. The summed E-state index contributed by atoms with van der Waals surface area (Å²) < 4.78 is 0. The van der Waals surface area contributed by atoms with Gasteiger partial charge in [0.2, 0.25) is 0 Å². The number of hydrogen-bond acceptors (Lipinski definition) is 3. The number of rotatable bonds is 5. The van der Waals surface area contributed by atoms with Gasteiger partial charge in [-0.15, -0.1) is 0 Å². The van der Waals surface area contributed by atoms with Crippen molar-refractivity contribution in [1.29, 1.82) is 0 Å².